The van der Waals surface area contributed by atoms with Gasteiger partial charge in [-0.3, -0.25) is 0 Å². The molecule has 1 aliphatic heterocycles. The molecule has 0 atom stereocenters. The molecule has 0 spiro atoms. The van der Waals surface area contributed by atoms with E-state index in [0.717, 1.165) is 68.4 Å². The lowest BCUT2D eigenvalue weighted by Crippen LogP contribution is -2.46. The van der Waals surface area contributed by atoms with Crippen LogP contribution in [0.5, 0.6) is 5.75 Å². The maximum absolute atomic E-state index is 11.2. The van der Waals surface area contributed by atoms with Crippen LogP contribution in [0.25, 0.3) is 0 Å². The van der Waals surface area contributed by atoms with Crippen molar-refractivity contribution in [2.75, 3.05) is 58.8 Å². The van der Waals surface area contributed by atoms with Gasteiger partial charge in [0.25, 0.3) is 0 Å². The third-order valence-corrected chi connectivity index (χ3v) is 6.48. The van der Waals surface area contributed by atoms with Crippen LogP contribution in [0, 0.1) is 0 Å². The predicted octanol–water partition coefficient (Wildman–Crippen LogP) is 4.64. The first-order valence-corrected chi connectivity index (χ1v) is 12.1. The summed E-state index contributed by atoms with van der Waals surface area (Å²) in [4.78, 5) is 17.7. The second-order valence-electron chi connectivity index (χ2n) is 8.58. The molecule has 0 aromatic heterocycles. The third-order valence-electron chi connectivity index (χ3n) is 6.20. The number of nitrogens with one attached hydrogen (secondary N) is 1. The first-order chi connectivity index (χ1) is 14.9. The van der Waals surface area contributed by atoms with Crippen LogP contribution in [-0.4, -0.2) is 75.8 Å². The van der Waals surface area contributed by atoms with Crippen LogP contribution in [0.4, 0.5) is 10.5 Å². The Morgan fingerprint density at radius 2 is 1.77 bits per heavy atom. The SMILES string of the molecule is CCc1cc(Cl)c(OC)c(N2CCN(CC)CC2)c1.CN(C)C(=O)NC1CCCCC1. The Labute approximate surface area is 193 Å². The number of hydrogen-bond donors (Lipinski definition) is 1. The lowest BCUT2D eigenvalue weighted by molar-refractivity contribution is 0.209. The number of carbonyl (C=O) groups excluding carboxylic acids is 1. The summed E-state index contributed by atoms with van der Waals surface area (Å²) in [5, 5.41) is 3.72. The van der Waals surface area contributed by atoms with Crippen molar-refractivity contribution in [2.45, 2.75) is 58.4 Å². The van der Waals surface area contributed by atoms with Gasteiger partial charge in [-0.05, 0) is 43.5 Å². The van der Waals surface area contributed by atoms with Gasteiger partial charge in [0, 0.05) is 46.3 Å². The lowest BCUT2D eigenvalue weighted by atomic mass is 9.96. The number of halogens is 1. The van der Waals surface area contributed by atoms with E-state index in [1.807, 2.05) is 6.07 Å². The van der Waals surface area contributed by atoms with Crippen LogP contribution in [0.2, 0.25) is 5.02 Å². The molecule has 0 radical (unpaired) electrons. The van der Waals surface area contributed by atoms with Gasteiger partial charge in [0.2, 0.25) is 0 Å². The molecule has 6 nitrogen and oxygen atoms in total. The molecule has 0 bridgehead atoms. The summed E-state index contributed by atoms with van der Waals surface area (Å²) in [6.07, 6.45) is 7.15. The minimum Gasteiger partial charge on any atom is -0.493 e. The number of carbonyl (C=O) groups is 1. The molecule has 0 unspecified atom stereocenters. The summed E-state index contributed by atoms with van der Waals surface area (Å²) in [6, 6.07) is 4.69. The number of methoxy groups -OCH3 is 1. The fraction of sp³-hybridized carbons (Fsp3) is 0.708. The molecular formula is C24H41ClN4O2. The quantitative estimate of drug-likeness (QED) is 0.706. The van der Waals surface area contributed by atoms with Crippen molar-refractivity contribution in [3.05, 3.63) is 22.7 Å². The van der Waals surface area contributed by atoms with Crippen LogP contribution >= 0.6 is 11.6 Å². The summed E-state index contributed by atoms with van der Waals surface area (Å²) in [6.45, 7) is 9.77. The van der Waals surface area contributed by atoms with Gasteiger partial charge in [0.15, 0.2) is 5.75 Å². The molecule has 1 aromatic rings. The Hall–Kier alpha value is -1.66. The smallest absolute Gasteiger partial charge is 0.317 e. The molecule has 2 amide bonds. The number of anilines is 1. The van der Waals surface area contributed by atoms with E-state index in [4.69, 9.17) is 16.3 Å². The zero-order chi connectivity index (χ0) is 22.8. The number of ether oxygens (including phenoxy) is 1. The summed E-state index contributed by atoms with van der Waals surface area (Å²) >= 11 is 6.33. The van der Waals surface area contributed by atoms with Gasteiger partial charge in [0.1, 0.15) is 0 Å². The van der Waals surface area contributed by atoms with Gasteiger partial charge in [-0.15, -0.1) is 0 Å². The molecule has 176 valence electrons. The Morgan fingerprint density at radius 1 is 1.13 bits per heavy atom. The predicted molar refractivity (Wildman–Crippen MR) is 131 cm³/mol. The molecule has 3 rings (SSSR count). The summed E-state index contributed by atoms with van der Waals surface area (Å²) in [5.74, 6) is 0.809. The van der Waals surface area contributed by atoms with Gasteiger partial charge in [-0.2, -0.15) is 0 Å². The number of urea groups is 1. The van der Waals surface area contributed by atoms with Crippen LogP contribution in [-0.2, 0) is 6.42 Å². The second-order valence-corrected chi connectivity index (χ2v) is 8.99. The van der Waals surface area contributed by atoms with Gasteiger partial charge >= 0.3 is 6.03 Å². The third kappa shape index (κ3) is 7.76. The number of hydrogen-bond acceptors (Lipinski definition) is 4. The van der Waals surface area contributed by atoms with Gasteiger partial charge < -0.3 is 24.8 Å². The number of benzene rings is 1. The van der Waals surface area contributed by atoms with Crippen molar-refractivity contribution in [1.82, 2.24) is 15.1 Å². The van der Waals surface area contributed by atoms with Crippen LogP contribution in [0.1, 0.15) is 51.5 Å². The highest BCUT2D eigenvalue weighted by atomic mass is 35.5. The molecule has 1 heterocycles. The number of amides is 2. The van der Waals surface area contributed by atoms with Crippen molar-refractivity contribution in [3.8, 4) is 5.75 Å². The van der Waals surface area contributed by atoms with Crippen molar-refractivity contribution in [2.24, 2.45) is 0 Å². The average Bonchev–Trinajstić information content (AvgIpc) is 2.79. The number of aryl methyl sites for hydroxylation is 1. The zero-order valence-corrected chi connectivity index (χ0v) is 20.8. The normalized spacial score (nSPS) is 17.5. The van der Waals surface area contributed by atoms with Gasteiger partial charge in [-0.1, -0.05) is 44.7 Å². The summed E-state index contributed by atoms with van der Waals surface area (Å²) in [7, 11) is 5.24. The first-order valence-electron chi connectivity index (χ1n) is 11.7. The van der Waals surface area contributed by atoms with Crippen molar-refractivity contribution in [3.63, 3.8) is 0 Å². The number of piperazine rings is 1. The van der Waals surface area contributed by atoms with Crippen LogP contribution in [0.3, 0.4) is 0 Å². The minimum absolute atomic E-state index is 0.0434. The molecule has 1 saturated carbocycles. The monoisotopic (exact) mass is 452 g/mol. The topological polar surface area (TPSA) is 48.1 Å². The Kier molecular flexibility index (Phi) is 10.7. The summed E-state index contributed by atoms with van der Waals surface area (Å²) in [5.41, 5.74) is 2.40. The van der Waals surface area contributed by atoms with E-state index in [1.54, 1.807) is 26.1 Å². The van der Waals surface area contributed by atoms with Gasteiger partial charge in [-0.25, -0.2) is 4.79 Å². The number of nitrogens with zero attached hydrogens (tertiary/aromatic N) is 3. The van der Waals surface area contributed by atoms with E-state index in [1.165, 1.54) is 24.8 Å². The number of rotatable bonds is 5. The molecule has 1 aliphatic carbocycles. The maximum atomic E-state index is 11.2. The highest BCUT2D eigenvalue weighted by Gasteiger charge is 2.21. The van der Waals surface area contributed by atoms with Crippen LogP contribution in [0.15, 0.2) is 12.1 Å². The molecular weight excluding hydrogens is 412 g/mol. The Balaban J connectivity index is 0.000000245. The molecule has 7 heteroatoms. The van der Waals surface area contributed by atoms with Crippen molar-refractivity contribution in [1.29, 1.82) is 0 Å². The fourth-order valence-corrected chi connectivity index (χ4v) is 4.44. The average molecular weight is 453 g/mol. The zero-order valence-electron chi connectivity index (χ0n) is 20.0. The van der Waals surface area contributed by atoms with E-state index in [-0.39, 0.29) is 6.03 Å². The highest BCUT2D eigenvalue weighted by molar-refractivity contribution is 6.32. The standard InChI is InChI=1S/C15H23ClN2O.C9H18N2O/c1-4-12-10-13(16)15(19-3)14(11-12)18-8-6-17(5-2)7-9-18;1-11(2)9(12)10-8-6-4-3-5-7-8/h10-11H,4-9H2,1-3H3;8H,3-7H2,1-2H3,(H,10,12). The fourth-order valence-electron chi connectivity index (χ4n) is 4.13. The van der Waals surface area contributed by atoms with E-state index < -0.39 is 0 Å². The van der Waals surface area contributed by atoms with E-state index in [9.17, 15) is 4.79 Å². The largest absolute Gasteiger partial charge is 0.493 e. The molecule has 2 aliphatic rings. The van der Waals surface area contributed by atoms with Crippen molar-refractivity contribution >= 4 is 23.3 Å². The summed E-state index contributed by atoms with van der Waals surface area (Å²) < 4.78 is 5.49. The second kappa shape index (κ2) is 13.0. The Morgan fingerprint density at radius 3 is 2.29 bits per heavy atom. The van der Waals surface area contributed by atoms with Gasteiger partial charge in [0.05, 0.1) is 17.8 Å². The number of likely N-dealkylation sites (N-methyl/N-ethyl adjacent to an activating group) is 1. The van der Waals surface area contributed by atoms with E-state index >= 15 is 0 Å². The first kappa shape index (κ1) is 25.6. The molecule has 1 saturated heterocycles. The molecule has 1 N–H and O–H groups in total. The minimum atomic E-state index is 0.0434. The Bertz CT molecular complexity index is 684. The van der Waals surface area contributed by atoms with E-state index in [0.29, 0.717) is 6.04 Å². The lowest BCUT2D eigenvalue weighted by Gasteiger charge is -2.36. The van der Waals surface area contributed by atoms with Crippen LogP contribution < -0.4 is 15.0 Å². The molecule has 31 heavy (non-hydrogen) atoms. The van der Waals surface area contributed by atoms with Crippen molar-refractivity contribution < 1.29 is 9.53 Å². The highest BCUT2D eigenvalue weighted by Crippen LogP contribution is 2.37. The molecule has 2 fully saturated rings. The molecule has 1 aromatic carbocycles. The maximum Gasteiger partial charge on any atom is 0.317 e. The van der Waals surface area contributed by atoms with E-state index in [2.05, 4.69) is 35.0 Å².